The third-order valence-corrected chi connectivity index (χ3v) is 3.19. The quantitative estimate of drug-likeness (QED) is 0.834. The highest BCUT2D eigenvalue weighted by molar-refractivity contribution is 5.40. The van der Waals surface area contributed by atoms with Gasteiger partial charge in [0.15, 0.2) is 11.6 Å². The van der Waals surface area contributed by atoms with Crippen LogP contribution in [0.5, 0.6) is 5.75 Å². The number of ether oxygens (including phenoxy) is 1. The molecule has 19 heavy (non-hydrogen) atoms. The zero-order chi connectivity index (χ0) is 14.2. The van der Waals surface area contributed by atoms with Gasteiger partial charge in [-0.2, -0.15) is 5.26 Å². The number of hydrogen-bond donors (Lipinski definition) is 0. The number of halogens is 1. The molecule has 1 saturated carbocycles. The molecule has 0 aromatic carbocycles. The van der Waals surface area contributed by atoms with E-state index in [1.807, 2.05) is 20.8 Å². The molecule has 0 N–H and O–H groups in total. The molecule has 0 radical (unpaired) electrons. The van der Waals surface area contributed by atoms with Gasteiger partial charge < -0.3 is 4.74 Å². The standard InChI is InChI=1S/C15H19FN2O/c1-9-13(11(7-17)10-5-6-10)18-8-12(16)14(9)19-15(2,3)4/h8,10-11H,5-6H2,1-4H3. The minimum Gasteiger partial charge on any atom is -0.485 e. The molecule has 1 fully saturated rings. The minimum absolute atomic E-state index is 0.221. The number of hydrogen-bond acceptors (Lipinski definition) is 3. The maximum absolute atomic E-state index is 13.9. The molecule has 3 nitrogen and oxygen atoms in total. The summed E-state index contributed by atoms with van der Waals surface area (Å²) in [5, 5.41) is 9.28. The number of rotatable bonds is 3. The van der Waals surface area contributed by atoms with Crippen LogP contribution in [0.1, 0.15) is 50.8 Å². The zero-order valence-corrected chi connectivity index (χ0v) is 11.8. The van der Waals surface area contributed by atoms with Gasteiger partial charge in [-0.15, -0.1) is 0 Å². The van der Waals surface area contributed by atoms with Crippen molar-refractivity contribution in [2.75, 3.05) is 0 Å². The summed E-state index contributed by atoms with van der Waals surface area (Å²) >= 11 is 0. The van der Waals surface area contributed by atoms with Crippen LogP contribution in [0.2, 0.25) is 0 Å². The molecule has 1 aliphatic rings. The fourth-order valence-corrected chi connectivity index (χ4v) is 2.14. The average Bonchev–Trinajstić information content (AvgIpc) is 3.11. The van der Waals surface area contributed by atoms with E-state index in [9.17, 15) is 9.65 Å². The van der Waals surface area contributed by atoms with Crippen molar-refractivity contribution < 1.29 is 9.13 Å². The predicted molar refractivity (Wildman–Crippen MR) is 70.4 cm³/mol. The van der Waals surface area contributed by atoms with Crippen LogP contribution in [0.3, 0.4) is 0 Å². The summed E-state index contributed by atoms with van der Waals surface area (Å²) in [7, 11) is 0. The lowest BCUT2D eigenvalue weighted by atomic mass is 9.96. The molecule has 1 aromatic heterocycles. The third-order valence-electron chi connectivity index (χ3n) is 3.19. The van der Waals surface area contributed by atoms with Gasteiger partial charge in [0.25, 0.3) is 0 Å². The molecule has 1 unspecified atom stereocenters. The van der Waals surface area contributed by atoms with E-state index in [2.05, 4.69) is 11.1 Å². The highest BCUT2D eigenvalue weighted by Gasteiger charge is 2.35. The Morgan fingerprint density at radius 3 is 2.58 bits per heavy atom. The molecule has 0 bridgehead atoms. The summed E-state index contributed by atoms with van der Waals surface area (Å²) in [6, 6.07) is 2.29. The minimum atomic E-state index is -0.480. The summed E-state index contributed by atoms with van der Waals surface area (Å²) in [6.07, 6.45) is 3.26. The van der Waals surface area contributed by atoms with Crippen molar-refractivity contribution in [3.8, 4) is 11.8 Å². The highest BCUT2D eigenvalue weighted by atomic mass is 19.1. The molecule has 1 aromatic rings. The van der Waals surface area contributed by atoms with E-state index in [4.69, 9.17) is 4.74 Å². The Morgan fingerprint density at radius 2 is 2.11 bits per heavy atom. The van der Waals surface area contributed by atoms with Crippen LogP contribution in [0, 0.1) is 30.0 Å². The molecule has 1 atom stereocenters. The molecule has 1 aliphatic carbocycles. The Bertz CT molecular complexity index is 524. The van der Waals surface area contributed by atoms with Gasteiger partial charge in [0.05, 0.1) is 23.9 Å². The van der Waals surface area contributed by atoms with E-state index >= 15 is 0 Å². The van der Waals surface area contributed by atoms with Crippen molar-refractivity contribution in [3.05, 3.63) is 23.3 Å². The second kappa shape index (κ2) is 4.80. The number of nitriles is 1. The predicted octanol–water partition coefficient (Wildman–Crippen LogP) is 3.72. The zero-order valence-electron chi connectivity index (χ0n) is 11.8. The number of aromatic nitrogens is 1. The fraction of sp³-hybridized carbons (Fsp3) is 0.600. The Balaban J connectivity index is 2.42. The third kappa shape index (κ3) is 3.04. The van der Waals surface area contributed by atoms with Crippen LogP contribution in [-0.4, -0.2) is 10.6 Å². The maximum Gasteiger partial charge on any atom is 0.183 e. The Kier molecular flexibility index (Phi) is 3.49. The van der Waals surface area contributed by atoms with Gasteiger partial charge in [0, 0.05) is 5.56 Å². The van der Waals surface area contributed by atoms with Gasteiger partial charge in [0.2, 0.25) is 0 Å². The van der Waals surface area contributed by atoms with Crippen LogP contribution in [0.4, 0.5) is 4.39 Å². The lowest BCUT2D eigenvalue weighted by Gasteiger charge is -2.24. The summed E-state index contributed by atoms with van der Waals surface area (Å²) < 4.78 is 19.5. The van der Waals surface area contributed by atoms with Gasteiger partial charge in [0.1, 0.15) is 5.60 Å². The molecule has 2 rings (SSSR count). The van der Waals surface area contributed by atoms with Crippen molar-refractivity contribution in [1.82, 2.24) is 4.98 Å². The van der Waals surface area contributed by atoms with Crippen molar-refractivity contribution in [2.24, 2.45) is 5.92 Å². The molecule has 1 heterocycles. The fourth-order valence-electron chi connectivity index (χ4n) is 2.14. The van der Waals surface area contributed by atoms with Crippen LogP contribution < -0.4 is 4.74 Å². The first-order valence-corrected chi connectivity index (χ1v) is 6.57. The molecule has 4 heteroatoms. The molecule has 0 amide bonds. The van der Waals surface area contributed by atoms with Crippen molar-refractivity contribution in [2.45, 2.75) is 52.1 Å². The van der Waals surface area contributed by atoms with Crippen molar-refractivity contribution in [3.63, 3.8) is 0 Å². The summed E-state index contributed by atoms with van der Waals surface area (Å²) in [5.74, 6) is -0.130. The van der Waals surface area contributed by atoms with E-state index in [-0.39, 0.29) is 11.7 Å². The van der Waals surface area contributed by atoms with E-state index in [1.165, 1.54) is 0 Å². The SMILES string of the molecule is Cc1c(C(C#N)C2CC2)ncc(F)c1OC(C)(C)C. The van der Waals surface area contributed by atoms with Gasteiger partial charge in [-0.1, -0.05) is 0 Å². The lowest BCUT2D eigenvalue weighted by Crippen LogP contribution is -2.24. The molecule has 0 aliphatic heterocycles. The van der Waals surface area contributed by atoms with E-state index in [1.54, 1.807) is 6.92 Å². The lowest BCUT2D eigenvalue weighted by molar-refractivity contribution is 0.122. The van der Waals surface area contributed by atoms with Crippen LogP contribution in [0.25, 0.3) is 0 Å². The van der Waals surface area contributed by atoms with Crippen LogP contribution in [-0.2, 0) is 0 Å². The van der Waals surface area contributed by atoms with Gasteiger partial charge in [-0.25, -0.2) is 4.39 Å². The van der Waals surface area contributed by atoms with Gasteiger partial charge >= 0.3 is 0 Å². The molecule has 0 spiro atoms. The second-order valence-corrected chi connectivity index (χ2v) is 6.10. The Morgan fingerprint density at radius 1 is 1.47 bits per heavy atom. The second-order valence-electron chi connectivity index (χ2n) is 6.10. The molecular weight excluding hydrogens is 243 g/mol. The van der Waals surface area contributed by atoms with E-state index < -0.39 is 11.4 Å². The van der Waals surface area contributed by atoms with E-state index in [0.717, 1.165) is 19.0 Å². The molecular formula is C15H19FN2O. The van der Waals surface area contributed by atoms with Gasteiger partial charge in [-0.3, -0.25) is 4.98 Å². The van der Waals surface area contributed by atoms with Crippen LogP contribution >= 0.6 is 0 Å². The molecule has 102 valence electrons. The first-order valence-electron chi connectivity index (χ1n) is 6.57. The highest BCUT2D eigenvalue weighted by Crippen LogP contribution is 2.44. The number of nitrogens with zero attached hydrogens (tertiary/aromatic N) is 2. The monoisotopic (exact) mass is 262 g/mol. The Hall–Kier alpha value is -1.63. The first-order chi connectivity index (χ1) is 8.83. The Labute approximate surface area is 113 Å². The first kappa shape index (κ1) is 13.8. The summed E-state index contributed by atoms with van der Waals surface area (Å²) in [6.45, 7) is 7.39. The molecule has 0 saturated heterocycles. The van der Waals surface area contributed by atoms with Crippen molar-refractivity contribution >= 4 is 0 Å². The smallest absolute Gasteiger partial charge is 0.183 e. The average molecular weight is 262 g/mol. The number of pyridine rings is 1. The van der Waals surface area contributed by atoms with Crippen molar-refractivity contribution in [1.29, 1.82) is 5.26 Å². The van der Waals surface area contributed by atoms with E-state index in [0.29, 0.717) is 17.2 Å². The normalized spacial score (nSPS) is 16.8. The largest absolute Gasteiger partial charge is 0.485 e. The summed E-state index contributed by atoms with van der Waals surface area (Å²) in [5.41, 5.74) is 0.824. The maximum atomic E-state index is 13.9. The van der Waals surface area contributed by atoms with Gasteiger partial charge in [-0.05, 0) is 46.5 Å². The van der Waals surface area contributed by atoms with Crippen LogP contribution in [0.15, 0.2) is 6.20 Å². The summed E-state index contributed by atoms with van der Waals surface area (Å²) in [4.78, 5) is 4.12. The topological polar surface area (TPSA) is 45.9 Å².